The topological polar surface area (TPSA) is 20.2 Å². The van der Waals surface area contributed by atoms with Crippen molar-refractivity contribution < 1.29 is 18.3 Å². The van der Waals surface area contributed by atoms with Crippen LogP contribution in [0, 0.1) is 11.8 Å². The Kier molecular flexibility index (Phi) is 4.42. The molecule has 1 aliphatic carbocycles. The second kappa shape index (κ2) is 5.21. The first kappa shape index (κ1) is 13.6. The number of hydrogen-bond donors (Lipinski definition) is 1. The maximum Gasteiger partial charge on any atom is 0.389 e. The van der Waals surface area contributed by atoms with Crippen LogP contribution in [0.2, 0.25) is 0 Å². The normalized spacial score (nSPS) is 28.8. The second-order valence-corrected chi connectivity index (χ2v) is 4.91. The maximum atomic E-state index is 12.0. The van der Waals surface area contributed by atoms with Crippen molar-refractivity contribution in [1.82, 2.24) is 0 Å². The summed E-state index contributed by atoms with van der Waals surface area (Å²) in [6.45, 7) is 4.01. The molecule has 0 amide bonds. The van der Waals surface area contributed by atoms with Gasteiger partial charge in [-0.2, -0.15) is 13.2 Å². The van der Waals surface area contributed by atoms with Gasteiger partial charge in [0, 0.05) is 6.42 Å². The third-order valence-electron chi connectivity index (χ3n) is 3.10. The van der Waals surface area contributed by atoms with E-state index < -0.39 is 18.7 Å². The van der Waals surface area contributed by atoms with Crippen molar-refractivity contribution in [3.8, 4) is 0 Å². The summed E-state index contributed by atoms with van der Waals surface area (Å²) in [6.07, 6.45) is -2.40. The lowest BCUT2D eigenvalue weighted by atomic mass is 9.79. The van der Waals surface area contributed by atoms with Crippen LogP contribution in [0.5, 0.6) is 0 Å². The third kappa shape index (κ3) is 4.56. The molecule has 3 unspecified atom stereocenters. The Morgan fingerprint density at radius 2 is 2.12 bits per heavy atom. The smallest absolute Gasteiger partial charge is 0.389 e. The lowest BCUT2D eigenvalue weighted by Crippen LogP contribution is -2.26. The van der Waals surface area contributed by atoms with E-state index in [0.717, 1.165) is 12.8 Å². The molecule has 0 fully saturated rings. The van der Waals surface area contributed by atoms with Gasteiger partial charge in [-0.25, -0.2) is 0 Å². The minimum absolute atomic E-state index is 0.0117. The summed E-state index contributed by atoms with van der Waals surface area (Å²) in [4.78, 5) is 0. The minimum atomic E-state index is -4.16. The molecule has 1 aliphatic rings. The van der Waals surface area contributed by atoms with Gasteiger partial charge in [0.1, 0.15) is 0 Å². The highest BCUT2D eigenvalue weighted by Gasteiger charge is 2.31. The lowest BCUT2D eigenvalue weighted by molar-refractivity contribution is -0.141. The van der Waals surface area contributed by atoms with Gasteiger partial charge in [-0.15, -0.1) is 0 Å². The predicted molar refractivity (Wildman–Crippen MR) is 56.9 cm³/mol. The van der Waals surface area contributed by atoms with E-state index in [9.17, 15) is 18.3 Å². The van der Waals surface area contributed by atoms with Crippen LogP contribution < -0.4 is 0 Å². The van der Waals surface area contributed by atoms with Crippen LogP contribution in [0.15, 0.2) is 11.6 Å². The molecule has 0 aromatic carbocycles. The Labute approximate surface area is 94.3 Å². The number of allylic oxidation sites excluding steroid dienone is 2. The standard InChI is InChI=1S/C12H19F3O/c1-8-5-9(2)7-10(6-8)11(16)3-4-12(13,14)15/h5,8,10-11,16H,3-4,6-7H2,1-2H3. The monoisotopic (exact) mass is 236 g/mol. The van der Waals surface area contributed by atoms with Gasteiger partial charge < -0.3 is 5.11 Å². The van der Waals surface area contributed by atoms with Gasteiger partial charge in [0.15, 0.2) is 0 Å². The Bertz CT molecular complexity index is 257. The fourth-order valence-electron chi connectivity index (χ4n) is 2.44. The molecule has 1 N–H and O–H groups in total. The average Bonchev–Trinajstić information content (AvgIpc) is 2.11. The van der Waals surface area contributed by atoms with Crippen molar-refractivity contribution in [2.24, 2.45) is 11.8 Å². The molecule has 1 nitrogen and oxygen atoms in total. The van der Waals surface area contributed by atoms with Crippen molar-refractivity contribution in [3.05, 3.63) is 11.6 Å². The largest absolute Gasteiger partial charge is 0.393 e. The zero-order chi connectivity index (χ0) is 12.3. The van der Waals surface area contributed by atoms with E-state index in [1.54, 1.807) is 0 Å². The number of aliphatic hydroxyl groups excluding tert-OH is 1. The summed E-state index contributed by atoms with van der Waals surface area (Å²) in [7, 11) is 0. The van der Waals surface area contributed by atoms with Gasteiger partial charge in [0.05, 0.1) is 6.10 Å². The first-order chi connectivity index (χ1) is 7.28. The summed E-state index contributed by atoms with van der Waals surface area (Å²) < 4.78 is 36.0. The molecule has 4 heteroatoms. The van der Waals surface area contributed by atoms with Crippen LogP contribution in [0.3, 0.4) is 0 Å². The number of halogens is 3. The Morgan fingerprint density at radius 3 is 2.62 bits per heavy atom. The van der Waals surface area contributed by atoms with E-state index in [1.807, 2.05) is 13.8 Å². The van der Waals surface area contributed by atoms with Gasteiger partial charge in [-0.05, 0) is 38.0 Å². The van der Waals surface area contributed by atoms with Gasteiger partial charge in [-0.1, -0.05) is 18.6 Å². The number of aliphatic hydroxyl groups is 1. The molecule has 0 saturated carbocycles. The number of alkyl halides is 3. The average molecular weight is 236 g/mol. The predicted octanol–water partition coefficient (Wildman–Crippen LogP) is 3.68. The molecule has 0 spiro atoms. The van der Waals surface area contributed by atoms with Crippen molar-refractivity contribution in [3.63, 3.8) is 0 Å². The highest BCUT2D eigenvalue weighted by atomic mass is 19.4. The molecule has 1 rings (SSSR count). The minimum Gasteiger partial charge on any atom is -0.393 e. The van der Waals surface area contributed by atoms with Crippen molar-refractivity contribution >= 4 is 0 Å². The Morgan fingerprint density at radius 1 is 1.50 bits per heavy atom. The van der Waals surface area contributed by atoms with Gasteiger partial charge in [0.25, 0.3) is 0 Å². The molecule has 0 saturated heterocycles. The van der Waals surface area contributed by atoms with Crippen LogP contribution in [0.25, 0.3) is 0 Å². The molecule has 0 aromatic rings. The molecule has 0 radical (unpaired) electrons. The molecule has 0 heterocycles. The molecule has 0 bridgehead atoms. The zero-order valence-electron chi connectivity index (χ0n) is 9.72. The first-order valence-electron chi connectivity index (χ1n) is 5.70. The summed E-state index contributed by atoms with van der Waals surface area (Å²) in [5.74, 6) is 0.349. The fraction of sp³-hybridized carbons (Fsp3) is 0.833. The maximum absolute atomic E-state index is 12.0. The molecular weight excluding hydrogens is 217 g/mol. The number of hydrogen-bond acceptors (Lipinski definition) is 1. The summed E-state index contributed by atoms with van der Waals surface area (Å²) >= 11 is 0. The van der Waals surface area contributed by atoms with E-state index in [1.165, 1.54) is 5.57 Å². The first-order valence-corrected chi connectivity index (χ1v) is 5.70. The highest BCUT2D eigenvalue weighted by molar-refractivity contribution is 5.07. The molecule has 0 aromatic heterocycles. The van der Waals surface area contributed by atoms with Gasteiger partial charge in [-0.3, -0.25) is 0 Å². The van der Waals surface area contributed by atoms with Crippen LogP contribution >= 0.6 is 0 Å². The van der Waals surface area contributed by atoms with Crippen LogP contribution in [-0.4, -0.2) is 17.4 Å². The van der Waals surface area contributed by atoms with Crippen LogP contribution in [-0.2, 0) is 0 Å². The van der Waals surface area contributed by atoms with Crippen LogP contribution in [0.1, 0.15) is 39.5 Å². The van der Waals surface area contributed by atoms with Gasteiger partial charge in [0.2, 0.25) is 0 Å². The van der Waals surface area contributed by atoms with Crippen molar-refractivity contribution in [1.29, 1.82) is 0 Å². The molecule has 16 heavy (non-hydrogen) atoms. The van der Waals surface area contributed by atoms with E-state index in [0.29, 0.717) is 5.92 Å². The van der Waals surface area contributed by atoms with Crippen molar-refractivity contribution in [2.45, 2.75) is 51.8 Å². The summed E-state index contributed by atoms with van der Waals surface area (Å²) in [5, 5.41) is 9.75. The third-order valence-corrected chi connectivity index (χ3v) is 3.10. The van der Waals surface area contributed by atoms with Gasteiger partial charge >= 0.3 is 6.18 Å². The Hall–Kier alpha value is -0.510. The SMILES string of the molecule is CC1=CC(C)CC(C(O)CCC(F)(F)F)C1. The van der Waals surface area contributed by atoms with E-state index in [2.05, 4.69) is 6.08 Å². The lowest BCUT2D eigenvalue weighted by Gasteiger charge is -2.29. The second-order valence-electron chi connectivity index (χ2n) is 4.91. The highest BCUT2D eigenvalue weighted by Crippen LogP contribution is 2.33. The van der Waals surface area contributed by atoms with E-state index in [-0.39, 0.29) is 12.3 Å². The Balaban J connectivity index is 2.43. The molecule has 3 atom stereocenters. The van der Waals surface area contributed by atoms with Crippen LogP contribution in [0.4, 0.5) is 13.2 Å². The quantitative estimate of drug-likeness (QED) is 0.741. The van der Waals surface area contributed by atoms with E-state index >= 15 is 0 Å². The number of rotatable bonds is 3. The molecule has 94 valence electrons. The fourth-order valence-corrected chi connectivity index (χ4v) is 2.44. The van der Waals surface area contributed by atoms with Crippen molar-refractivity contribution in [2.75, 3.05) is 0 Å². The zero-order valence-corrected chi connectivity index (χ0v) is 9.72. The molecule has 0 aliphatic heterocycles. The van der Waals surface area contributed by atoms with E-state index in [4.69, 9.17) is 0 Å². The molecular formula is C12H19F3O. The summed E-state index contributed by atoms with van der Waals surface area (Å²) in [6, 6.07) is 0. The summed E-state index contributed by atoms with van der Waals surface area (Å²) in [5.41, 5.74) is 1.18.